The summed E-state index contributed by atoms with van der Waals surface area (Å²) in [5, 5.41) is 22.7. The van der Waals surface area contributed by atoms with Crippen LogP contribution in [-0.4, -0.2) is 177 Å². The maximum Gasteiger partial charge on any atom is 0.355 e. The summed E-state index contributed by atoms with van der Waals surface area (Å²) in [7, 11) is 0. The molecule has 0 bridgehead atoms. The number of benzene rings is 3. The van der Waals surface area contributed by atoms with Gasteiger partial charge >= 0.3 is 17.1 Å². The molecular weight excluding hydrogens is 1700 g/mol. The van der Waals surface area contributed by atoms with Crippen molar-refractivity contribution in [1.82, 2.24) is 73.3 Å². The zero-order chi connectivity index (χ0) is 92.8. The topological polar surface area (TPSA) is 293 Å². The number of hydrogen-bond donors (Lipinski definition) is 2. The molecule has 15 rings (SSSR count). The lowest BCUT2D eigenvalue weighted by atomic mass is 9.97. The van der Waals surface area contributed by atoms with Gasteiger partial charge in [0.2, 0.25) is 17.7 Å². The highest BCUT2D eigenvalue weighted by molar-refractivity contribution is 6.35. The number of nitrogens with zero attached hydrogens (tertiary/aromatic N) is 18. The van der Waals surface area contributed by atoms with E-state index in [0.717, 1.165) is 28.5 Å². The SMILES string of the molecule is C=CC(=O)N1CC(C)N(c2nc(=O)n(-c3c(C(C)C)ccnc3C(C)C)c3nc(-c4c(O)cccc4F)c(Cl)cc23)CC1C.C=CC(=O)N1CC(C)N(c2nc(=O)n(-c3c(C)ccnc3C(C)C)c3nc(-c4cc(O)ccc4F)c(Cl)cc23)CC1C.C=CC(=O)N1CC(C)N(c2nc(=O)n(-c3c(CC)ccnc3C(C)C)c3nc(-c4ccccc4F)c(Cl)cc23)CC1C. The number of carbonyl (C=O) groups excluding carboxylic acids is 3. The summed E-state index contributed by atoms with van der Waals surface area (Å²) >= 11 is 20.4. The first-order chi connectivity index (χ1) is 60.8. The van der Waals surface area contributed by atoms with Crippen LogP contribution in [0.5, 0.6) is 11.5 Å². The number of carbonyl (C=O) groups is 3. The van der Waals surface area contributed by atoms with Gasteiger partial charge in [-0.3, -0.25) is 29.3 Å². The molecule has 6 atom stereocenters. The van der Waals surface area contributed by atoms with Crippen molar-refractivity contribution in [3.8, 4) is 62.3 Å². The van der Waals surface area contributed by atoms with Gasteiger partial charge in [-0.05, 0) is 192 Å². The van der Waals surface area contributed by atoms with Crippen LogP contribution < -0.4 is 31.8 Å². The first kappa shape index (κ1) is 92.9. The molecule has 0 radical (unpaired) electrons. The Bertz CT molecular complexity index is 6580. The molecule has 3 amide bonds. The first-order valence-corrected chi connectivity index (χ1v) is 43.6. The molecule has 12 heterocycles. The third-order valence-electron chi connectivity index (χ3n) is 23.6. The van der Waals surface area contributed by atoms with Crippen LogP contribution >= 0.6 is 34.8 Å². The van der Waals surface area contributed by atoms with Crippen molar-refractivity contribution in [3.05, 3.63) is 251 Å². The summed E-state index contributed by atoms with van der Waals surface area (Å²) < 4.78 is 49.5. The number of halogens is 6. The second-order valence-corrected chi connectivity index (χ2v) is 35.0. The number of fused-ring (bicyclic) bond motifs is 3. The lowest BCUT2D eigenvalue weighted by Crippen LogP contribution is -2.58. The second kappa shape index (κ2) is 38.1. The van der Waals surface area contributed by atoms with Crippen LogP contribution in [0.15, 0.2) is 168 Å². The van der Waals surface area contributed by atoms with Crippen molar-refractivity contribution in [3.63, 3.8) is 0 Å². The van der Waals surface area contributed by atoms with Gasteiger partial charge in [0.15, 0.2) is 16.9 Å². The number of piperazine rings is 3. The van der Waals surface area contributed by atoms with E-state index in [1.165, 1.54) is 68.3 Å². The van der Waals surface area contributed by atoms with Gasteiger partial charge in [-0.15, -0.1) is 0 Å². The summed E-state index contributed by atoms with van der Waals surface area (Å²) in [6.45, 7) is 44.9. The fourth-order valence-electron chi connectivity index (χ4n) is 17.1. The Morgan fingerprint density at radius 1 is 0.445 bits per heavy atom. The normalized spacial score (nSPS) is 17.2. The Morgan fingerprint density at radius 3 is 1.26 bits per heavy atom. The minimum Gasteiger partial charge on any atom is -0.508 e. The van der Waals surface area contributed by atoms with Crippen LogP contribution in [0.25, 0.3) is 83.9 Å². The summed E-state index contributed by atoms with van der Waals surface area (Å²) in [4.78, 5) is 133. The van der Waals surface area contributed by atoms with Crippen LogP contribution in [0.1, 0.15) is 161 Å². The largest absolute Gasteiger partial charge is 0.508 e. The molecule has 6 unspecified atom stereocenters. The molecule has 0 aliphatic carbocycles. The minimum atomic E-state index is -0.709. The maximum atomic E-state index is 15.2. The Balaban J connectivity index is 0.000000164. The molecule has 666 valence electrons. The highest BCUT2D eigenvalue weighted by Crippen LogP contribution is 2.44. The predicted molar refractivity (Wildman–Crippen MR) is 498 cm³/mol. The van der Waals surface area contributed by atoms with E-state index in [4.69, 9.17) is 49.8 Å². The number of phenols is 2. The Labute approximate surface area is 754 Å². The number of pyridine rings is 6. The third-order valence-corrected chi connectivity index (χ3v) is 24.5. The summed E-state index contributed by atoms with van der Waals surface area (Å²) in [5.74, 6) is -1.72. The van der Waals surface area contributed by atoms with E-state index in [9.17, 15) is 39.0 Å². The highest BCUT2D eigenvalue weighted by Gasteiger charge is 2.39. The van der Waals surface area contributed by atoms with Crippen molar-refractivity contribution in [2.24, 2.45) is 0 Å². The fraction of sp³-hybridized carbons (Fsp3) is 0.344. The number of rotatable bonds is 17. The molecule has 3 aliphatic heterocycles. The van der Waals surface area contributed by atoms with Crippen molar-refractivity contribution in [1.29, 1.82) is 0 Å². The second-order valence-electron chi connectivity index (χ2n) is 33.8. The number of hydrogen-bond acceptors (Lipinski definition) is 20. The highest BCUT2D eigenvalue weighted by atomic mass is 35.5. The van der Waals surface area contributed by atoms with Crippen molar-refractivity contribution >= 4 is 103 Å². The molecule has 3 aliphatic rings. The molecule has 2 N–H and O–H groups in total. The van der Waals surface area contributed by atoms with Crippen LogP contribution in [0.3, 0.4) is 0 Å². The molecule has 12 aromatic rings. The summed E-state index contributed by atoms with van der Waals surface area (Å²) in [6.07, 6.45) is 9.71. The molecule has 32 heteroatoms. The van der Waals surface area contributed by atoms with Gasteiger partial charge in [-0.1, -0.05) is 135 Å². The number of aromatic hydroxyl groups is 2. The Kier molecular flexibility index (Phi) is 27.6. The monoisotopic (exact) mass is 1800 g/mol. The molecule has 3 fully saturated rings. The molecule has 9 aromatic heterocycles. The van der Waals surface area contributed by atoms with E-state index in [1.54, 1.807) is 75.8 Å². The smallest absolute Gasteiger partial charge is 0.355 e. The lowest BCUT2D eigenvalue weighted by molar-refractivity contribution is -0.129. The van der Waals surface area contributed by atoms with E-state index < -0.39 is 34.5 Å². The molecule has 26 nitrogen and oxygen atoms in total. The van der Waals surface area contributed by atoms with Gasteiger partial charge in [0, 0.05) is 105 Å². The van der Waals surface area contributed by atoms with Gasteiger partial charge in [0.05, 0.1) is 88.0 Å². The van der Waals surface area contributed by atoms with Crippen LogP contribution in [-0.2, 0) is 20.8 Å². The molecule has 3 aromatic carbocycles. The van der Waals surface area contributed by atoms with Crippen molar-refractivity contribution < 1.29 is 37.8 Å². The number of anilines is 3. The number of aromatic nitrogens is 12. The molecule has 128 heavy (non-hydrogen) atoms. The summed E-state index contributed by atoms with van der Waals surface area (Å²) in [5.41, 5.74) is 5.73. The average molecular weight is 1800 g/mol. The van der Waals surface area contributed by atoms with Gasteiger partial charge in [0.25, 0.3) is 0 Å². The van der Waals surface area contributed by atoms with Crippen LogP contribution in [0, 0.1) is 24.4 Å². The number of aryl methyl sites for hydroxylation is 2. The van der Waals surface area contributed by atoms with Gasteiger partial charge in [-0.2, -0.15) is 15.0 Å². The lowest BCUT2D eigenvalue weighted by Gasteiger charge is -2.44. The maximum absolute atomic E-state index is 15.2. The number of amides is 3. The van der Waals surface area contributed by atoms with Crippen LogP contribution in [0.2, 0.25) is 15.1 Å². The summed E-state index contributed by atoms with van der Waals surface area (Å²) in [6, 6.07) is 23.2. The average Bonchev–Trinajstić information content (AvgIpc) is 0.742. The molecule has 3 saturated heterocycles. The van der Waals surface area contributed by atoms with E-state index in [1.807, 2.05) is 138 Å². The van der Waals surface area contributed by atoms with Crippen LogP contribution in [0.4, 0.5) is 30.6 Å². The van der Waals surface area contributed by atoms with Crippen molar-refractivity contribution in [2.45, 2.75) is 177 Å². The van der Waals surface area contributed by atoms with E-state index in [2.05, 4.69) is 49.6 Å². The minimum absolute atomic E-state index is 0.00260. The quantitative estimate of drug-likeness (QED) is 0.0801. The van der Waals surface area contributed by atoms with E-state index in [0.29, 0.717) is 113 Å². The van der Waals surface area contributed by atoms with Gasteiger partial charge in [0.1, 0.15) is 46.4 Å². The Hall–Kier alpha value is -12.7. The van der Waals surface area contributed by atoms with Gasteiger partial charge < -0.3 is 39.6 Å². The van der Waals surface area contributed by atoms with Gasteiger partial charge in [-0.25, -0.2) is 56.2 Å². The zero-order valence-electron chi connectivity index (χ0n) is 74.2. The molecule has 0 saturated carbocycles. The van der Waals surface area contributed by atoms with E-state index >= 15 is 13.2 Å². The Morgan fingerprint density at radius 2 is 0.828 bits per heavy atom. The molecule has 0 spiro atoms. The van der Waals surface area contributed by atoms with E-state index in [-0.39, 0.29) is 149 Å². The molecular formula is C96H102Cl3F3N18O8. The number of phenolic OH excluding ortho intramolecular Hbond substituents is 2. The standard InChI is InChI=1S/C33H36ClFN6O3.C32H34ClFN6O2.C31H32ClFN6O3/c1-8-26(43)39-15-20(7)40(16-19(39)6)31-22-14-23(34)29(27-24(35)10-9-11-25(27)42)37-32(22)41(33(44)38-31)30-21(17(2)3)12-13-36-28(30)18(4)5;1-7-21-13-14-35-27(18(3)4)29(21)40-31-23(15-24(33)28(36-31)22-11-9-10-12-25(22)34)30(37-32(40)42)39-17-19(5)38(16-20(39)6)26(41)8-2;1-7-25(41)37-14-19(6)38(15-18(37)5)29-22-13-23(32)27(21-12-20(40)8-9-24(21)33)35-30(22)39(31(42)36-29)28-17(4)10-11-34-26(28)16(2)3/h8-14,17-20,42H,1,15-16H2,2-7H3;8-15,18-20H,2,7,16-17H2,1,3-6H3;7-13,16,18-19,40H,1,14-15H2,2-6H3. The predicted octanol–water partition coefficient (Wildman–Crippen LogP) is 17.5. The first-order valence-electron chi connectivity index (χ1n) is 42.5. The zero-order valence-corrected chi connectivity index (χ0v) is 76.5. The third kappa shape index (κ3) is 17.8. The fourth-order valence-corrected chi connectivity index (χ4v) is 17.9. The van der Waals surface area contributed by atoms with Crippen molar-refractivity contribution in [2.75, 3.05) is 54.0 Å².